The Balaban J connectivity index is 1.66. The molecular weight excluding hydrogens is 383 g/mol. The summed E-state index contributed by atoms with van der Waals surface area (Å²) in [6.07, 6.45) is 5.34. The Morgan fingerprint density at radius 1 is 1.00 bits per heavy atom. The zero-order chi connectivity index (χ0) is 18.0. The lowest BCUT2D eigenvalue weighted by atomic mass is 9.88. The molecule has 1 aromatic carbocycles. The van der Waals surface area contributed by atoms with Crippen LogP contribution in [0.25, 0.3) is 0 Å². The van der Waals surface area contributed by atoms with Gasteiger partial charge in [-0.25, -0.2) is 8.42 Å². The summed E-state index contributed by atoms with van der Waals surface area (Å²) in [5.41, 5.74) is 0. The molecule has 0 bridgehead atoms. The fourth-order valence-corrected chi connectivity index (χ4v) is 5.75. The smallest absolute Gasteiger partial charge is 0.244 e. The van der Waals surface area contributed by atoms with Gasteiger partial charge in [0.05, 0.1) is 5.02 Å². The minimum Gasteiger partial charge on any atom is -0.340 e. The van der Waals surface area contributed by atoms with Crippen molar-refractivity contribution in [3.05, 3.63) is 28.2 Å². The Morgan fingerprint density at radius 3 is 2.24 bits per heavy atom. The van der Waals surface area contributed by atoms with Crippen molar-refractivity contribution in [3.8, 4) is 0 Å². The highest BCUT2D eigenvalue weighted by Crippen LogP contribution is 2.29. The van der Waals surface area contributed by atoms with E-state index in [-0.39, 0.29) is 21.7 Å². The first kappa shape index (κ1) is 19.0. The van der Waals surface area contributed by atoms with Gasteiger partial charge >= 0.3 is 0 Å². The molecule has 0 spiro atoms. The van der Waals surface area contributed by atoms with Gasteiger partial charge in [0.25, 0.3) is 0 Å². The summed E-state index contributed by atoms with van der Waals surface area (Å²) in [7, 11) is -3.68. The second-order valence-corrected chi connectivity index (χ2v) is 9.39. The van der Waals surface area contributed by atoms with E-state index in [9.17, 15) is 13.2 Å². The molecule has 1 amide bonds. The van der Waals surface area contributed by atoms with Crippen LogP contribution in [0.4, 0.5) is 0 Å². The van der Waals surface area contributed by atoms with Crippen LogP contribution in [0, 0.1) is 5.92 Å². The predicted molar refractivity (Wildman–Crippen MR) is 98.4 cm³/mol. The van der Waals surface area contributed by atoms with E-state index in [0.717, 1.165) is 25.7 Å². The monoisotopic (exact) mass is 404 g/mol. The summed E-state index contributed by atoms with van der Waals surface area (Å²) in [6, 6.07) is 4.38. The first-order valence-corrected chi connectivity index (χ1v) is 10.8. The van der Waals surface area contributed by atoms with Crippen LogP contribution in [0.5, 0.6) is 0 Å². The molecular formula is C17H22Cl2N2O3S. The number of carbonyl (C=O) groups excluding carboxylic acids is 1. The number of rotatable bonds is 3. The van der Waals surface area contributed by atoms with Crippen molar-refractivity contribution < 1.29 is 13.2 Å². The number of hydrogen-bond donors (Lipinski definition) is 0. The molecule has 0 N–H and O–H groups in total. The van der Waals surface area contributed by atoms with Gasteiger partial charge in [0.1, 0.15) is 4.90 Å². The van der Waals surface area contributed by atoms with Crippen LogP contribution in [0.1, 0.15) is 32.1 Å². The molecule has 1 aliphatic carbocycles. The van der Waals surface area contributed by atoms with E-state index in [1.807, 2.05) is 4.90 Å². The number of benzene rings is 1. The van der Waals surface area contributed by atoms with E-state index in [0.29, 0.717) is 31.2 Å². The van der Waals surface area contributed by atoms with Gasteiger partial charge in [0, 0.05) is 37.1 Å². The van der Waals surface area contributed by atoms with Crippen LogP contribution in [-0.4, -0.2) is 49.7 Å². The summed E-state index contributed by atoms with van der Waals surface area (Å²) < 4.78 is 27.0. The highest BCUT2D eigenvalue weighted by molar-refractivity contribution is 7.89. The van der Waals surface area contributed by atoms with Crippen LogP contribution < -0.4 is 0 Å². The standard InChI is InChI=1S/C17H22Cl2N2O3S/c18-14-6-7-16(15(19)12-14)25(23,24)21-10-8-20(9-11-21)17(22)13-4-2-1-3-5-13/h6-7,12-13H,1-5,8-11H2. The van der Waals surface area contributed by atoms with Crippen molar-refractivity contribution in [1.29, 1.82) is 0 Å². The zero-order valence-corrected chi connectivity index (χ0v) is 16.3. The van der Waals surface area contributed by atoms with Gasteiger partial charge < -0.3 is 4.90 Å². The van der Waals surface area contributed by atoms with E-state index in [2.05, 4.69) is 0 Å². The molecule has 1 heterocycles. The van der Waals surface area contributed by atoms with Crippen LogP contribution >= 0.6 is 23.2 Å². The van der Waals surface area contributed by atoms with E-state index in [1.54, 1.807) is 0 Å². The van der Waals surface area contributed by atoms with E-state index < -0.39 is 10.0 Å². The lowest BCUT2D eigenvalue weighted by Gasteiger charge is -2.36. The third-order valence-corrected chi connectivity index (χ3v) is 7.63. The van der Waals surface area contributed by atoms with Gasteiger partial charge in [-0.15, -0.1) is 0 Å². The number of amides is 1. The first-order valence-electron chi connectivity index (χ1n) is 8.63. The largest absolute Gasteiger partial charge is 0.340 e. The number of carbonyl (C=O) groups is 1. The van der Waals surface area contributed by atoms with Crippen molar-refractivity contribution in [3.63, 3.8) is 0 Å². The van der Waals surface area contributed by atoms with Crippen molar-refractivity contribution in [2.24, 2.45) is 5.92 Å². The highest BCUT2D eigenvalue weighted by Gasteiger charge is 2.33. The summed E-state index contributed by atoms with van der Waals surface area (Å²) >= 11 is 11.9. The highest BCUT2D eigenvalue weighted by atomic mass is 35.5. The average Bonchev–Trinajstić information content (AvgIpc) is 2.61. The van der Waals surface area contributed by atoms with Gasteiger partial charge in [-0.2, -0.15) is 4.31 Å². The molecule has 0 atom stereocenters. The molecule has 3 rings (SSSR count). The molecule has 8 heteroatoms. The topological polar surface area (TPSA) is 57.7 Å². The Kier molecular flexibility index (Phi) is 5.93. The fraction of sp³-hybridized carbons (Fsp3) is 0.588. The predicted octanol–water partition coefficient (Wildman–Crippen LogP) is 3.41. The van der Waals surface area contributed by atoms with Crippen LogP contribution in [0.3, 0.4) is 0 Å². The summed E-state index contributed by atoms with van der Waals surface area (Å²) in [4.78, 5) is 14.5. The van der Waals surface area contributed by atoms with E-state index >= 15 is 0 Å². The quantitative estimate of drug-likeness (QED) is 0.775. The van der Waals surface area contributed by atoms with Crippen molar-refractivity contribution in [1.82, 2.24) is 9.21 Å². The molecule has 2 fully saturated rings. The van der Waals surface area contributed by atoms with E-state index in [1.165, 1.54) is 28.9 Å². The van der Waals surface area contributed by atoms with Crippen LogP contribution in [0.2, 0.25) is 10.0 Å². The zero-order valence-electron chi connectivity index (χ0n) is 14.0. The summed E-state index contributed by atoms with van der Waals surface area (Å²) in [5.74, 6) is 0.295. The Morgan fingerprint density at radius 2 is 1.64 bits per heavy atom. The fourth-order valence-electron chi connectivity index (χ4n) is 3.58. The SMILES string of the molecule is O=C(C1CCCCC1)N1CCN(S(=O)(=O)c2ccc(Cl)cc2Cl)CC1. The molecule has 138 valence electrons. The summed E-state index contributed by atoms with van der Waals surface area (Å²) in [6.45, 7) is 1.44. The molecule has 0 unspecified atom stereocenters. The molecule has 1 aliphatic heterocycles. The van der Waals surface area contributed by atoms with Crippen molar-refractivity contribution in [2.45, 2.75) is 37.0 Å². The maximum absolute atomic E-state index is 12.8. The van der Waals surface area contributed by atoms with E-state index in [4.69, 9.17) is 23.2 Å². The number of sulfonamides is 1. The molecule has 1 aromatic rings. The Labute approximate surface area is 158 Å². The average molecular weight is 405 g/mol. The molecule has 0 aromatic heterocycles. The second-order valence-electron chi connectivity index (χ2n) is 6.64. The number of halogens is 2. The lowest BCUT2D eigenvalue weighted by Crippen LogP contribution is -2.52. The Hall–Kier alpha value is -0.820. The third-order valence-electron chi connectivity index (χ3n) is 5.02. The third kappa shape index (κ3) is 4.13. The van der Waals surface area contributed by atoms with Gasteiger partial charge in [0.15, 0.2) is 0 Å². The first-order chi connectivity index (χ1) is 11.9. The Bertz CT molecular complexity index is 740. The molecule has 5 nitrogen and oxygen atoms in total. The minimum atomic E-state index is -3.68. The maximum atomic E-state index is 12.8. The number of nitrogens with zero attached hydrogens (tertiary/aromatic N) is 2. The molecule has 25 heavy (non-hydrogen) atoms. The molecule has 2 aliphatic rings. The normalized spacial score (nSPS) is 20.6. The van der Waals surface area contributed by atoms with Crippen LogP contribution in [-0.2, 0) is 14.8 Å². The lowest BCUT2D eigenvalue weighted by molar-refractivity contribution is -0.137. The van der Waals surface area contributed by atoms with Crippen molar-refractivity contribution >= 4 is 39.1 Å². The molecule has 1 saturated heterocycles. The van der Waals surface area contributed by atoms with Crippen LogP contribution in [0.15, 0.2) is 23.1 Å². The number of hydrogen-bond acceptors (Lipinski definition) is 3. The second kappa shape index (κ2) is 7.82. The van der Waals surface area contributed by atoms with Gasteiger partial charge in [-0.05, 0) is 31.0 Å². The minimum absolute atomic E-state index is 0.0608. The summed E-state index contributed by atoms with van der Waals surface area (Å²) in [5, 5.41) is 0.514. The molecule has 0 radical (unpaired) electrons. The van der Waals surface area contributed by atoms with Crippen molar-refractivity contribution in [2.75, 3.05) is 26.2 Å². The van der Waals surface area contributed by atoms with Gasteiger partial charge in [0.2, 0.25) is 15.9 Å². The van der Waals surface area contributed by atoms with Gasteiger partial charge in [-0.1, -0.05) is 42.5 Å². The number of piperazine rings is 1. The van der Waals surface area contributed by atoms with Gasteiger partial charge in [-0.3, -0.25) is 4.79 Å². The molecule has 1 saturated carbocycles. The maximum Gasteiger partial charge on any atom is 0.244 e.